The van der Waals surface area contributed by atoms with Crippen molar-refractivity contribution in [3.63, 3.8) is 0 Å². The van der Waals surface area contributed by atoms with Crippen molar-refractivity contribution in [3.8, 4) is 0 Å². The number of benzene rings is 1. The van der Waals surface area contributed by atoms with Gasteiger partial charge in [-0.3, -0.25) is 10.2 Å². The zero-order valence-corrected chi connectivity index (χ0v) is 19.8. The van der Waals surface area contributed by atoms with Crippen LogP contribution in [0.3, 0.4) is 0 Å². The Morgan fingerprint density at radius 1 is 1.22 bits per heavy atom. The number of carbonyl (C=O) groups is 2. The molecule has 170 valence electrons. The molecule has 0 bridgehead atoms. The molecular weight excluding hydrogens is 472 g/mol. The molecule has 0 radical (unpaired) electrons. The van der Waals surface area contributed by atoms with Crippen LogP contribution in [0.4, 0.5) is 4.79 Å². The summed E-state index contributed by atoms with van der Waals surface area (Å²) in [6, 6.07) is 10.9. The molecule has 1 aliphatic carbocycles. The Morgan fingerprint density at radius 3 is 2.56 bits per heavy atom. The van der Waals surface area contributed by atoms with E-state index in [0.717, 1.165) is 36.1 Å². The van der Waals surface area contributed by atoms with E-state index in [4.69, 9.17) is 10.5 Å². The quantitative estimate of drug-likeness (QED) is 0.417. The highest BCUT2D eigenvalue weighted by Gasteiger charge is 2.31. The first-order chi connectivity index (χ1) is 15.0. The summed E-state index contributed by atoms with van der Waals surface area (Å²) in [6.07, 6.45) is 3.90. The average Bonchev–Trinajstić information content (AvgIpc) is 3.57. The number of nitrogens with zero attached hydrogens (tertiary/aromatic N) is 2. The van der Waals surface area contributed by atoms with E-state index in [-0.39, 0.29) is 35.4 Å². The lowest BCUT2D eigenvalue weighted by Gasteiger charge is -2.18. The van der Waals surface area contributed by atoms with Gasteiger partial charge in [-0.2, -0.15) is 0 Å². The van der Waals surface area contributed by atoms with Gasteiger partial charge < -0.3 is 15.3 Å². The minimum atomic E-state index is -1.05. The second kappa shape index (κ2) is 10.3. The van der Waals surface area contributed by atoms with Crippen LogP contribution in [0.1, 0.15) is 83.9 Å². The molecule has 8 heteroatoms. The summed E-state index contributed by atoms with van der Waals surface area (Å²) in [7, 11) is 0. The average molecular weight is 501 g/mol. The molecule has 1 atom stereocenters. The standard InChI is InChI=1S/C24H28N4O3.BrH/c1-2-3-4-19(27-24(30)31)15-7-9-17(10-8-15)21(29)14-28-13-18-11-12-20(16-5-6-16)26-22(18)23(28)25;/h7-12,16,19,25,27H,2-6,13-14H2,1H3,(H,30,31);1H. The molecule has 2 aromatic rings. The van der Waals surface area contributed by atoms with Gasteiger partial charge in [-0.05, 0) is 30.9 Å². The van der Waals surface area contributed by atoms with Crippen LogP contribution in [0.2, 0.25) is 0 Å². The maximum absolute atomic E-state index is 12.8. The molecule has 2 aliphatic rings. The largest absolute Gasteiger partial charge is 0.465 e. The number of hydrogen-bond acceptors (Lipinski definition) is 4. The first-order valence-electron chi connectivity index (χ1n) is 10.9. The fourth-order valence-electron chi connectivity index (χ4n) is 4.06. The van der Waals surface area contributed by atoms with Gasteiger partial charge in [0, 0.05) is 29.3 Å². The molecule has 3 N–H and O–H groups in total. The summed E-state index contributed by atoms with van der Waals surface area (Å²) in [4.78, 5) is 30.4. The summed E-state index contributed by atoms with van der Waals surface area (Å²) in [6.45, 7) is 2.72. The molecule has 0 saturated heterocycles. The van der Waals surface area contributed by atoms with E-state index >= 15 is 0 Å². The lowest BCUT2D eigenvalue weighted by Crippen LogP contribution is -2.30. The molecular formula is C24H29BrN4O3. The molecule has 1 fully saturated rings. The number of rotatable bonds is 9. The van der Waals surface area contributed by atoms with Crippen molar-refractivity contribution >= 4 is 34.7 Å². The van der Waals surface area contributed by atoms with Gasteiger partial charge in [-0.25, -0.2) is 9.78 Å². The Bertz CT molecular complexity index is 1000. The van der Waals surface area contributed by atoms with E-state index in [9.17, 15) is 9.59 Å². The third-order valence-electron chi connectivity index (χ3n) is 6.01. The predicted molar refractivity (Wildman–Crippen MR) is 128 cm³/mol. The molecule has 1 unspecified atom stereocenters. The van der Waals surface area contributed by atoms with Gasteiger partial charge in [0.2, 0.25) is 0 Å². The first-order valence-corrected chi connectivity index (χ1v) is 10.9. The number of ketones is 1. The molecule has 0 spiro atoms. The van der Waals surface area contributed by atoms with E-state index in [2.05, 4.69) is 17.2 Å². The van der Waals surface area contributed by atoms with Crippen molar-refractivity contribution < 1.29 is 14.7 Å². The zero-order chi connectivity index (χ0) is 22.0. The molecule has 1 amide bonds. The highest BCUT2D eigenvalue weighted by Crippen LogP contribution is 2.39. The third-order valence-corrected chi connectivity index (χ3v) is 6.01. The molecule has 1 aliphatic heterocycles. The predicted octanol–water partition coefficient (Wildman–Crippen LogP) is 5.06. The molecule has 1 saturated carbocycles. The van der Waals surface area contributed by atoms with Crippen molar-refractivity contribution in [2.75, 3.05) is 6.54 Å². The number of fused-ring (bicyclic) bond motifs is 1. The number of carboxylic acid groups (broad SMARTS) is 1. The number of unbranched alkanes of at least 4 members (excludes halogenated alkanes) is 1. The van der Waals surface area contributed by atoms with Gasteiger partial charge in [0.15, 0.2) is 5.78 Å². The number of nitrogens with one attached hydrogen (secondary N) is 2. The number of carbonyl (C=O) groups excluding carboxylic acids is 1. The number of Topliss-reactive ketones (excluding diaryl/α,β-unsaturated/α-hetero) is 1. The summed E-state index contributed by atoms with van der Waals surface area (Å²) in [5.74, 6) is 0.777. The molecule has 1 aromatic carbocycles. The fourth-order valence-corrected chi connectivity index (χ4v) is 4.06. The zero-order valence-electron chi connectivity index (χ0n) is 18.1. The van der Waals surface area contributed by atoms with Gasteiger partial charge in [-0.1, -0.05) is 50.1 Å². The summed E-state index contributed by atoms with van der Waals surface area (Å²) >= 11 is 0. The van der Waals surface area contributed by atoms with Crippen LogP contribution >= 0.6 is 17.0 Å². The van der Waals surface area contributed by atoms with Crippen molar-refractivity contribution in [2.45, 2.75) is 57.5 Å². The van der Waals surface area contributed by atoms with Crippen LogP contribution in [-0.2, 0) is 6.54 Å². The maximum atomic E-state index is 12.8. The summed E-state index contributed by atoms with van der Waals surface area (Å²) in [5, 5.41) is 20.1. The van der Waals surface area contributed by atoms with Crippen LogP contribution in [-0.4, -0.2) is 39.2 Å². The smallest absolute Gasteiger partial charge is 0.405 e. The fraction of sp³-hybridized carbons (Fsp3) is 0.417. The second-order valence-corrected chi connectivity index (χ2v) is 8.41. The first kappa shape index (κ1) is 23.9. The van der Waals surface area contributed by atoms with E-state index in [0.29, 0.717) is 29.6 Å². The van der Waals surface area contributed by atoms with Crippen molar-refractivity contribution in [1.29, 1.82) is 5.41 Å². The van der Waals surface area contributed by atoms with E-state index < -0.39 is 6.09 Å². The van der Waals surface area contributed by atoms with Gasteiger partial charge in [-0.15, -0.1) is 17.0 Å². The topological polar surface area (TPSA) is 106 Å². The van der Waals surface area contributed by atoms with Gasteiger partial charge in [0.1, 0.15) is 11.5 Å². The molecule has 1 aromatic heterocycles. The summed E-state index contributed by atoms with van der Waals surface area (Å²) in [5.41, 5.74) is 4.16. The van der Waals surface area contributed by atoms with Crippen molar-refractivity contribution in [2.24, 2.45) is 0 Å². The minimum Gasteiger partial charge on any atom is -0.465 e. The second-order valence-electron chi connectivity index (χ2n) is 8.41. The van der Waals surface area contributed by atoms with Crippen molar-refractivity contribution in [3.05, 3.63) is 64.5 Å². The maximum Gasteiger partial charge on any atom is 0.405 e. The summed E-state index contributed by atoms with van der Waals surface area (Å²) < 4.78 is 0. The van der Waals surface area contributed by atoms with E-state index in [1.165, 1.54) is 12.8 Å². The van der Waals surface area contributed by atoms with E-state index in [1.807, 2.05) is 24.3 Å². The number of pyridine rings is 1. The Hall–Kier alpha value is -2.74. The van der Waals surface area contributed by atoms with Crippen LogP contribution in [0.5, 0.6) is 0 Å². The minimum absolute atomic E-state index is 0. The molecule has 7 nitrogen and oxygen atoms in total. The van der Waals surface area contributed by atoms with Crippen LogP contribution in [0, 0.1) is 5.41 Å². The molecule has 2 heterocycles. The van der Waals surface area contributed by atoms with E-state index in [1.54, 1.807) is 17.0 Å². The van der Waals surface area contributed by atoms with Crippen molar-refractivity contribution in [1.82, 2.24) is 15.2 Å². The number of amides is 1. The number of amidine groups is 1. The third kappa shape index (κ3) is 5.35. The Morgan fingerprint density at radius 2 is 1.94 bits per heavy atom. The Labute approximate surface area is 198 Å². The Kier molecular flexibility index (Phi) is 7.66. The van der Waals surface area contributed by atoms with Gasteiger partial charge in [0.05, 0.1) is 12.6 Å². The van der Waals surface area contributed by atoms with Crippen LogP contribution in [0.15, 0.2) is 36.4 Å². The van der Waals surface area contributed by atoms with Crippen LogP contribution < -0.4 is 5.32 Å². The lowest BCUT2D eigenvalue weighted by atomic mass is 9.99. The normalized spacial score (nSPS) is 15.7. The molecule has 4 rings (SSSR count). The lowest BCUT2D eigenvalue weighted by molar-refractivity contribution is 0.0962. The van der Waals surface area contributed by atoms with Gasteiger partial charge in [0.25, 0.3) is 0 Å². The van der Waals surface area contributed by atoms with Crippen LogP contribution in [0.25, 0.3) is 0 Å². The number of hydrogen-bond donors (Lipinski definition) is 3. The molecule has 32 heavy (non-hydrogen) atoms. The highest BCUT2D eigenvalue weighted by molar-refractivity contribution is 8.93. The number of halogens is 1. The Balaban J connectivity index is 0.00000289. The SMILES string of the molecule is Br.CCCCC(NC(=O)O)c1ccc(C(=O)CN2Cc3ccc(C4CC4)nc3C2=N)cc1. The number of aromatic nitrogens is 1. The highest BCUT2D eigenvalue weighted by atomic mass is 79.9. The van der Waals surface area contributed by atoms with Gasteiger partial charge >= 0.3 is 6.09 Å². The monoisotopic (exact) mass is 500 g/mol.